The first-order valence-corrected chi connectivity index (χ1v) is 11.3. The van der Waals surface area contributed by atoms with Gasteiger partial charge in [-0.25, -0.2) is 4.98 Å². The molecule has 6 heteroatoms. The topological polar surface area (TPSA) is 56.0 Å². The van der Waals surface area contributed by atoms with E-state index in [-0.39, 0.29) is 5.91 Å². The van der Waals surface area contributed by atoms with Crippen molar-refractivity contribution in [3.63, 3.8) is 0 Å². The summed E-state index contributed by atoms with van der Waals surface area (Å²) in [6, 6.07) is 16.3. The summed E-state index contributed by atoms with van der Waals surface area (Å²) in [5, 5.41) is 4.56. The molecule has 5 rings (SSSR count). The normalized spacial score (nSPS) is 14.9. The molecule has 2 aromatic heterocycles. The first-order valence-electron chi connectivity index (χ1n) is 11.3. The number of amides is 1. The van der Waals surface area contributed by atoms with E-state index in [9.17, 15) is 4.79 Å². The molecule has 6 nitrogen and oxygen atoms in total. The number of hydrogen-bond donors (Lipinski definition) is 0. The lowest BCUT2D eigenvalue weighted by atomic mass is 9.96. The van der Waals surface area contributed by atoms with Crippen LogP contribution in [0.1, 0.15) is 34.5 Å². The van der Waals surface area contributed by atoms with E-state index in [1.807, 2.05) is 54.7 Å². The third kappa shape index (κ3) is 3.81. The van der Waals surface area contributed by atoms with Crippen LogP contribution in [0.15, 0.2) is 54.9 Å². The lowest BCUT2D eigenvalue weighted by molar-refractivity contribution is 0.0672. The predicted octanol–water partition coefficient (Wildman–Crippen LogP) is 4.61. The Morgan fingerprint density at radius 2 is 1.75 bits per heavy atom. The number of likely N-dealkylation sites (tertiary alicyclic amines) is 1. The second-order valence-electron chi connectivity index (χ2n) is 8.96. The molecular weight excluding hydrogens is 398 g/mol. The Morgan fingerprint density at radius 3 is 2.50 bits per heavy atom. The fourth-order valence-electron chi connectivity index (χ4n) is 4.63. The predicted molar refractivity (Wildman–Crippen MR) is 126 cm³/mol. The number of imidazole rings is 1. The zero-order valence-electron chi connectivity index (χ0n) is 19.0. The fourth-order valence-corrected chi connectivity index (χ4v) is 4.63. The quantitative estimate of drug-likeness (QED) is 0.478. The van der Waals surface area contributed by atoms with E-state index in [0.717, 1.165) is 49.2 Å². The van der Waals surface area contributed by atoms with E-state index in [1.54, 1.807) is 4.68 Å². The number of benzene rings is 2. The van der Waals surface area contributed by atoms with Crippen LogP contribution < -0.4 is 0 Å². The van der Waals surface area contributed by atoms with E-state index in [4.69, 9.17) is 0 Å². The second kappa shape index (κ2) is 8.26. The summed E-state index contributed by atoms with van der Waals surface area (Å²) in [6.07, 6.45) is 3.96. The van der Waals surface area contributed by atoms with Crippen molar-refractivity contribution in [3.8, 4) is 11.3 Å². The molecule has 0 atom stereocenters. The fraction of sp³-hybridized carbons (Fsp3) is 0.346. The van der Waals surface area contributed by atoms with Gasteiger partial charge in [0, 0.05) is 32.2 Å². The monoisotopic (exact) mass is 427 g/mol. The SMILES string of the molecule is Cc1cc2ncn(CC3CCN(C(=O)c4cc(-c5ccccc5)nn4C)CC3)c2cc1C. The summed E-state index contributed by atoms with van der Waals surface area (Å²) >= 11 is 0. The standard InChI is InChI=1S/C26H29N5O/c1-18-13-23-24(14-19(18)2)31(17-27-23)16-20-9-11-30(12-10-20)26(32)25-15-22(28-29(25)3)21-7-5-4-6-8-21/h4-8,13-15,17,20H,9-12,16H2,1-3H3. The minimum atomic E-state index is 0.0693. The number of carbonyl (C=O) groups excluding carboxylic acids is 1. The van der Waals surface area contributed by atoms with Crippen LogP contribution in [0.3, 0.4) is 0 Å². The van der Waals surface area contributed by atoms with Gasteiger partial charge < -0.3 is 9.47 Å². The highest BCUT2D eigenvalue weighted by molar-refractivity contribution is 5.93. The Balaban J connectivity index is 1.25. The van der Waals surface area contributed by atoms with Crippen LogP contribution in [-0.2, 0) is 13.6 Å². The molecule has 1 fully saturated rings. The average Bonchev–Trinajstić information content (AvgIpc) is 3.38. The highest BCUT2D eigenvalue weighted by atomic mass is 16.2. The Labute approximate surface area is 188 Å². The molecule has 0 saturated carbocycles. The molecule has 32 heavy (non-hydrogen) atoms. The van der Waals surface area contributed by atoms with Crippen LogP contribution in [0.5, 0.6) is 0 Å². The van der Waals surface area contributed by atoms with Crippen LogP contribution in [0, 0.1) is 19.8 Å². The lowest BCUT2D eigenvalue weighted by Crippen LogP contribution is -2.40. The highest BCUT2D eigenvalue weighted by Crippen LogP contribution is 2.25. The number of nitrogens with zero attached hydrogens (tertiary/aromatic N) is 5. The van der Waals surface area contributed by atoms with Crippen LogP contribution >= 0.6 is 0 Å². The van der Waals surface area contributed by atoms with Crippen molar-refractivity contribution in [3.05, 3.63) is 71.7 Å². The Bertz CT molecular complexity index is 1260. The number of aromatic nitrogens is 4. The summed E-state index contributed by atoms with van der Waals surface area (Å²) in [5.74, 6) is 0.615. The molecule has 4 aromatic rings. The Kier molecular flexibility index (Phi) is 5.29. The molecule has 1 saturated heterocycles. The van der Waals surface area contributed by atoms with Crippen molar-refractivity contribution in [2.24, 2.45) is 13.0 Å². The van der Waals surface area contributed by atoms with Crippen molar-refractivity contribution < 1.29 is 4.79 Å². The molecule has 1 aliphatic rings. The minimum Gasteiger partial charge on any atom is -0.337 e. The summed E-state index contributed by atoms with van der Waals surface area (Å²) in [4.78, 5) is 19.8. The van der Waals surface area contributed by atoms with Crippen LogP contribution in [-0.4, -0.2) is 43.2 Å². The number of fused-ring (bicyclic) bond motifs is 1. The van der Waals surface area contributed by atoms with Gasteiger partial charge >= 0.3 is 0 Å². The van der Waals surface area contributed by atoms with E-state index >= 15 is 0 Å². The van der Waals surface area contributed by atoms with Gasteiger partial charge in [0.25, 0.3) is 5.91 Å². The molecule has 1 aliphatic heterocycles. The smallest absolute Gasteiger partial charge is 0.272 e. The zero-order valence-corrected chi connectivity index (χ0v) is 19.0. The van der Waals surface area contributed by atoms with Crippen molar-refractivity contribution >= 4 is 16.9 Å². The van der Waals surface area contributed by atoms with Gasteiger partial charge in [0.05, 0.1) is 23.1 Å². The Hall–Kier alpha value is -3.41. The van der Waals surface area contributed by atoms with Gasteiger partial charge in [-0.15, -0.1) is 0 Å². The molecule has 0 bridgehead atoms. The van der Waals surface area contributed by atoms with Gasteiger partial charge in [0.15, 0.2) is 0 Å². The van der Waals surface area contributed by atoms with E-state index in [2.05, 4.69) is 40.6 Å². The van der Waals surface area contributed by atoms with Crippen molar-refractivity contribution in [2.75, 3.05) is 13.1 Å². The molecule has 0 unspecified atom stereocenters. The van der Waals surface area contributed by atoms with Crippen LogP contribution in [0.25, 0.3) is 22.3 Å². The van der Waals surface area contributed by atoms with Gasteiger partial charge in [-0.2, -0.15) is 5.10 Å². The van der Waals surface area contributed by atoms with E-state index in [0.29, 0.717) is 11.6 Å². The van der Waals surface area contributed by atoms with Crippen LogP contribution in [0.2, 0.25) is 0 Å². The van der Waals surface area contributed by atoms with Gasteiger partial charge in [0.2, 0.25) is 0 Å². The average molecular weight is 428 g/mol. The van der Waals surface area contributed by atoms with Gasteiger partial charge in [-0.3, -0.25) is 9.48 Å². The highest BCUT2D eigenvalue weighted by Gasteiger charge is 2.26. The van der Waals surface area contributed by atoms with Crippen LogP contribution in [0.4, 0.5) is 0 Å². The number of carbonyl (C=O) groups is 1. The summed E-state index contributed by atoms with van der Waals surface area (Å²) < 4.78 is 3.98. The number of hydrogen-bond acceptors (Lipinski definition) is 3. The lowest BCUT2D eigenvalue weighted by Gasteiger charge is -2.32. The van der Waals surface area contributed by atoms with Gasteiger partial charge in [0.1, 0.15) is 5.69 Å². The van der Waals surface area contributed by atoms with Gasteiger partial charge in [-0.1, -0.05) is 30.3 Å². The molecule has 1 amide bonds. The van der Waals surface area contributed by atoms with Crippen molar-refractivity contribution in [2.45, 2.75) is 33.2 Å². The summed E-state index contributed by atoms with van der Waals surface area (Å²) in [6.45, 7) is 6.79. The van der Waals surface area contributed by atoms with Gasteiger partial charge in [-0.05, 0) is 61.9 Å². The van der Waals surface area contributed by atoms with Crippen molar-refractivity contribution in [1.29, 1.82) is 0 Å². The molecule has 2 aromatic carbocycles. The first kappa shape index (κ1) is 20.5. The van der Waals surface area contributed by atoms with Crippen molar-refractivity contribution in [1.82, 2.24) is 24.2 Å². The molecule has 3 heterocycles. The molecule has 0 spiro atoms. The Morgan fingerprint density at radius 1 is 1.03 bits per heavy atom. The maximum Gasteiger partial charge on any atom is 0.272 e. The largest absolute Gasteiger partial charge is 0.337 e. The first-order chi connectivity index (χ1) is 15.5. The third-order valence-electron chi connectivity index (χ3n) is 6.76. The number of aryl methyl sites for hydroxylation is 3. The third-order valence-corrected chi connectivity index (χ3v) is 6.76. The number of piperidine rings is 1. The molecular formula is C26H29N5O. The second-order valence-corrected chi connectivity index (χ2v) is 8.96. The minimum absolute atomic E-state index is 0.0693. The van der Waals surface area contributed by atoms with E-state index < -0.39 is 0 Å². The molecule has 164 valence electrons. The molecule has 0 aliphatic carbocycles. The summed E-state index contributed by atoms with van der Waals surface area (Å²) in [5.41, 5.74) is 7.35. The molecule has 0 N–H and O–H groups in total. The maximum absolute atomic E-state index is 13.2. The number of rotatable bonds is 4. The summed E-state index contributed by atoms with van der Waals surface area (Å²) in [7, 11) is 1.85. The maximum atomic E-state index is 13.2. The van der Waals surface area contributed by atoms with E-state index in [1.165, 1.54) is 16.6 Å². The zero-order chi connectivity index (χ0) is 22.2. The molecule has 0 radical (unpaired) electrons.